The zero-order chi connectivity index (χ0) is 8.27. The van der Waals surface area contributed by atoms with Crippen molar-refractivity contribution < 1.29 is 4.39 Å². The molecule has 0 aliphatic carbocycles. The molecule has 0 saturated heterocycles. The first-order valence-electron chi connectivity index (χ1n) is 2.91. The Morgan fingerprint density at radius 1 is 1.55 bits per heavy atom. The summed E-state index contributed by atoms with van der Waals surface area (Å²) in [5.41, 5.74) is 3.16. The smallest absolute Gasteiger partial charge is 0.141 e. The number of rotatable bonds is 2. The number of nitrogens with one attached hydrogen (secondary N) is 1. The van der Waals surface area contributed by atoms with Gasteiger partial charge in [-0.1, -0.05) is 11.6 Å². The number of halogens is 2. The van der Waals surface area contributed by atoms with E-state index in [4.69, 9.17) is 11.6 Å². The first-order chi connectivity index (χ1) is 5.24. The molecule has 1 aromatic rings. The van der Waals surface area contributed by atoms with Crippen molar-refractivity contribution in [1.29, 1.82) is 0 Å². The van der Waals surface area contributed by atoms with Crippen LogP contribution in [0.3, 0.4) is 0 Å². The van der Waals surface area contributed by atoms with Crippen molar-refractivity contribution in [3.63, 3.8) is 0 Å². The molecule has 0 fully saturated rings. The van der Waals surface area contributed by atoms with Crippen molar-refractivity contribution in [3.8, 4) is 0 Å². The van der Waals surface area contributed by atoms with E-state index in [1.165, 1.54) is 18.2 Å². The number of benzene rings is 1. The normalized spacial score (nSPS) is 9.27. The van der Waals surface area contributed by atoms with Gasteiger partial charge in [-0.05, 0) is 18.2 Å². The fourth-order valence-corrected chi connectivity index (χ4v) is 0.838. The van der Waals surface area contributed by atoms with Crippen molar-refractivity contribution in [2.45, 2.75) is 0 Å². The van der Waals surface area contributed by atoms with E-state index in [9.17, 15) is 4.39 Å². The van der Waals surface area contributed by atoms with Crippen LogP contribution in [0.15, 0.2) is 23.3 Å². The topological polar surface area (TPSA) is 24.4 Å². The first-order valence-corrected chi connectivity index (χ1v) is 3.28. The Labute approximate surface area is 68.7 Å². The monoisotopic (exact) mass is 172 g/mol. The molecule has 0 spiro atoms. The van der Waals surface area contributed by atoms with Gasteiger partial charge in [0.2, 0.25) is 0 Å². The largest absolute Gasteiger partial charge is 0.279 e. The average Bonchev–Trinajstić information content (AvgIpc) is 1.98. The lowest BCUT2D eigenvalue weighted by Crippen LogP contribution is -1.86. The van der Waals surface area contributed by atoms with Crippen molar-refractivity contribution in [1.82, 2.24) is 0 Å². The van der Waals surface area contributed by atoms with Crippen LogP contribution in [-0.4, -0.2) is 6.72 Å². The summed E-state index contributed by atoms with van der Waals surface area (Å²) in [6, 6.07) is 4.22. The van der Waals surface area contributed by atoms with Gasteiger partial charge in [0.25, 0.3) is 0 Å². The van der Waals surface area contributed by atoms with Gasteiger partial charge in [0.1, 0.15) is 5.82 Å². The third kappa shape index (κ3) is 1.91. The van der Waals surface area contributed by atoms with E-state index in [0.717, 1.165) is 0 Å². The van der Waals surface area contributed by atoms with Crippen LogP contribution in [0, 0.1) is 5.82 Å². The third-order valence-electron chi connectivity index (χ3n) is 1.13. The van der Waals surface area contributed by atoms with Gasteiger partial charge >= 0.3 is 0 Å². The molecule has 0 saturated carbocycles. The fourth-order valence-electron chi connectivity index (χ4n) is 0.657. The summed E-state index contributed by atoms with van der Waals surface area (Å²) in [4.78, 5) is 0. The van der Waals surface area contributed by atoms with Gasteiger partial charge in [-0.3, -0.25) is 5.43 Å². The van der Waals surface area contributed by atoms with Crippen molar-refractivity contribution in [2.75, 3.05) is 5.43 Å². The molecule has 1 aromatic carbocycles. The van der Waals surface area contributed by atoms with E-state index in [1.54, 1.807) is 0 Å². The van der Waals surface area contributed by atoms with E-state index < -0.39 is 5.82 Å². The highest BCUT2D eigenvalue weighted by Gasteiger charge is 1.98. The summed E-state index contributed by atoms with van der Waals surface area (Å²) in [7, 11) is 0. The van der Waals surface area contributed by atoms with Crippen LogP contribution in [-0.2, 0) is 0 Å². The minimum atomic E-state index is -0.443. The van der Waals surface area contributed by atoms with Gasteiger partial charge in [0.05, 0.1) is 10.7 Å². The second kappa shape index (κ2) is 3.34. The molecule has 0 aromatic heterocycles. The van der Waals surface area contributed by atoms with E-state index in [-0.39, 0.29) is 5.02 Å². The fraction of sp³-hybridized carbons (Fsp3) is 0. The van der Waals surface area contributed by atoms with Crippen LogP contribution in [0.4, 0.5) is 10.1 Å². The van der Waals surface area contributed by atoms with Crippen LogP contribution in [0.2, 0.25) is 5.02 Å². The molecule has 0 bridgehead atoms. The minimum absolute atomic E-state index is 0.0682. The van der Waals surface area contributed by atoms with Crippen molar-refractivity contribution >= 4 is 24.0 Å². The van der Waals surface area contributed by atoms with Gasteiger partial charge < -0.3 is 0 Å². The number of hydrazone groups is 1. The third-order valence-corrected chi connectivity index (χ3v) is 1.42. The molecule has 4 heteroatoms. The quantitative estimate of drug-likeness (QED) is 0.538. The van der Waals surface area contributed by atoms with Crippen LogP contribution < -0.4 is 5.43 Å². The second-order valence-corrected chi connectivity index (χ2v) is 2.31. The van der Waals surface area contributed by atoms with Gasteiger partial charge in [0, 0.05) is 6.72 Å². The Kier molecular flexibility index (Phi) is 2.44. The lowest BCUT2D eigenvalue weighted by Gasteiger charge is -1.99. The van der Waals surface area contributed by atoms with Crippen molar-refractivity contribution in [2.24, 2.45) is 5.10 Å². The zero-order valence-corrected chi connectivity index (χ0v) is 6.40. The number of hydrogen-bond donors (Lipinski definition) is 1. The van der Waals surface area contributed by atoms with Crippen LogP contribution >= 0.6 is 11.6 Å². The summed E-state index contributed by atoms with van der Waals surface area (Å²) in [6.45, 7) is 3.21. The molecule has 0 heterocycles. The Hall–Kier alpha value is -1.09. The zero-order valence-electron chi connectivity index (χ0n) is 5.64. The maximum absolute atomic E-state index is 12.5. The minimum Gasteiger partial charge on any atom is -0.279 e. The molecule has 1 rings (SSSR count). The molecule has 2 nitrogen and oxygen atoms in total. The lowest BCUT2D eigenvalue weighted by atomic mass is 10.3. The van der Waals surface area contributed by atoms with Gasteiger partial charge in [-0.25, -0.2) is 4.39 Å². The molecule has 0 atom stereocenters. The maximum Gasteiger partial charge on any atom is 0.141 e. The Morgan fingerprint density at radius 2 is 2.27 bits per heavy atom. The van der Waals surface area contributed by atoms with Crippen LogP contribution in [0.25, 0.3) is 0 Å². The number of hydrogen-bond acceptors (Lipinski definition) is 2. The molecular weight excluding hydrogens is 167 g/mol. The predicted molar refractivity (Wildman–Crippen MR) is 44.6 cm³/mol. The molecule has 0 radical (unpaired) electrons. The second-order valence-electron chi connectivity index (χ2n) is 1.90. The average molecular weight is 173 g/mol. The standard InChI is InChI=1S/C7H6ClFN2/c1-10-11-5-2-3-7(9)6(8)4-5/h2-4,11H,1H2. The highest BCUT2D eigenvalue weighted by atomic mass is 35.5. The molecule has 0 unspecified atom stereocenters. The summed E-state index contributed by atoms with van der Waals surface area (Å²) < 4.78 is 12.5. The summed E-state index contributed by atoms with van der Waals surface area (Å²) in [6.07, 6.45) is 0. The van der Waals surface area contributed by atoms with Gasteiger partial charge in [-0.15, -0.1) is 0 Å². The highest BCUT2D eigenvalue weighted by molar-refractivity contribution is 6.31. The summed E-state index contributed by atoms with van der Waals surface area (Å²) >= 11 is 5.47. The molecule has 0 aliphatic heterocycles. The van der Waals surface area contributed by atoms with Gasteiger partial charge in [0.15, 0.2) is 0 Å². The molecule has 11 heavy (non-hydrogen) atoms. The molecular formula is C7H6ClFN2. The van der Waals surface area contributed by atoms with E-state index in [2.05, 4.69) is 17.2 Å². The van der Waals surface area contributed by atoms with E-state index in [0.29, 0.717) is 5.69 Å². The SMILES string of the molecule is C=NNc1ccc(F)c(Cl)c1. The molecule has 1 N–H and O–H groups in total. The Morgan fingerprint density at radius 3 is 2.82 bits per heavy atom. The number of anilines is 1. The number of nitrogens with zero attached hydrogens (tertiary/aromatic N) is 1. The highest BCUT2D eigenvalue weighted by Crippen LogP contribution is 2.18. The summed E-state index contributed by atoms with van der Waals surface area (Å²) in [5.74, 6) is -0.443. The Balaban J connectivity index is 2.95. The van der Waals surface area contributed by atoms with E-state index >= 15 is 0 Å². The van der Waals surface area contributed by atoms with E-state index in [1.807, 2.05) is 0 Å². The van der Waals surface area contributed by atoms with Crippen LogP contribution in [0.5, 0.6) is 0 Å². The molecule has 0 aliphatic rings. The summed E-state index contributed by atoms with van der Waals surface area (Å²) in [5, 5.41) is 3.46. The molecule has 0 amide bonds. The lowest BCUT2D eigenvalue weighted by molar-refractivity contribution is 0.628. The van der Waals surface area contributed by atoms with Crippen LogP contribution in [0.1, 0.15) is 0 Å². The maximum atomic E-state index is 12.5. The van der Waals surface area contributed by atoms with Gasteiger partial charge in [-0.2, -0.15) is 5.10 Å². The predicted octanol–water partition coefficient (Wildman–Crippen LogP) is 2.51. The van der Waals surface area contributed by atoms with Crippen molar-refractivity contribution in [3.05, 3.63) is 29.0 Å². The first kappa shape index (κ1) is 8.01. The molecule has 58 valence electrons. The Bertz CT molecular complexity index is 275.